The number of phenols is 1. The number of phenolic OH excluding ortho intramolecular Hbond substituents is 1. The van der Waals surface area contributed by atoms with Gasteiger partial charge in [-0.2, -0.15) is 0 Å². The molecule has 128 valence electrons. The SMILES string of the molecule is CC(C)(C)Oc1ccc(O)c([C@H](N)B2OC(C)(C)C(C)(C)O2)c1. The summed E-state index contributed by atoms with van der Waals surface area (Å²) in [6, 6.07) is 5.05. The molecule has 1 atom stereocenters. The average Bonchev–Trinajstić information content (AvgIpc) is 2.58. The summed E-state index contributed by atoms with van der Waals surface area (Å²) in [6.07, 6.45) is 0. The summed E-state index contributed by atoms with van der Waals surface area (Å²) in [7, 11) is -0.629. The van der Waals surface area contributed by atoms with Gasteiger partial charge in [0.25, 0.3) is 0 Å². The molecule has 1 saturated heterocycles. The van der Waals surface area contributed by atoms with Gasteiger partial charge in [-0.25, -0.2) is 0 Å². The quantitative estimate of drug-likeness (QED) is 0.836. The molecule has 0 radical (unpaired) electrons. The molecule has 1 aromatic rings. The number of ether oxygens (including phenoxy) is 1. The van der Waals surface area contributed by atoms with Crippen molar-refractivity contribution in [1.82, 2.24) is 0 Å². The Hall–Kier alpha value is -1.24. The molecule has 0 amide bonds. The van der Waals surface area contributed by atoms with Crippen LogP contribution in [-0.2, 0) is 9.31 Å². The van der Waals surface area contributed by atoms with Crippen molar-refractivity contribution in [3.8, 4) is 11.5 Å². The van der Waals surface area contributed by atoms with E-state index in [2.05, 4.69) is 0 Å². The van der Waals surface area contributed by atoms with Crippen molar-refractivity contribution in [2.75, 3.05) is 0 Å². The Morgan fingerprint density at radius 3 is 2.13 bits per heavy atom. The number of hydrogen-bond donors (Lipinski definition) is 2. The fourth-order valence-corrected chi connectivity index (χ4v) is 2.40. The topological polar surface area (TPSA) is 73.9 Å². The number of hydrogen-bond acceptors (Lipinski definition) is 5. The van der Waals surface area contributed by atoms with Crippen molar-refractivity contribution in [3.05, 3.63) is 23.8 Å². The van der Waals surface area contributed by atoms with Gasteiger partial charge >= 0.3 is 7.12 Å². The van der Waals surface area contributed by atoms with Crippen LogP contribution in [0.25, 0.3) is 0 Å². The normalized spacial score (nSPS) is 21.3. The van der Waals surface area contributed by atoms with Gasteiger partial charge in [0.2, 0.25) is 0 Å². The Morgan fingerprint density at radius 2 is 1.65 bits per heavy atom. The Balaban J connectivity index is 2.26. The predicted molar refractivity (Wildman–Crippen MR) is 91.5 cm³/mol. The first kappa shape index (κ1) is 18.1. The van der Waals surface area contributed by atoms with Gasteiger partial charge in [-0.1, -0.05) is 0 Å². The Labute approximate surface area is 139 Å². The highest BCUT2D eigenvalue weighted by molar-refractivity contribution is 6.47. The number of nitrogens with two attached hydrogens (primary N) is 1. The first-order valence-electron chi connectivity index (χ1n) is 7.95. The molecule has 0 unspecified atom stereocenters. The zero-order valence-electron chi connectivity index (χ0n) is 15.1. The van der Waals surface area contributed by atoms with Crippen molar-refractivity contribution in [2.45, 2.75) is 71.2 Å². The summed E-state index contributed by atoms with van der Waals surface area (Å²) >= 11 is 0. The van der Waals surface area contributed by atoms with Gasteiger partial charge in [0.1, 0.15) is 17.1 Å². The molecular formula is C17H28BNO4. The lowest BCUT2D eigenvalue weighted by Gasteiger charge is -2.32. The standard InChI is InChI=1S/C17H28BNO4/c1-15(2,3)21-11-8-9-13(20)12(10-11)14(19)18-22-16(4,5)17(6,7)23-18/h8-10,14,20H,19H2,1-7H3/t14-/m0/s1. The van der Waals surface area contributed by atoms with Gasteiger partial charge in [0.05, 0.1) is 17.1 Å². The zero-order chi connectivity index (χ0) is 17.6. The van der Waals surface area contributed by atoms with Crippen LogP contribution in [0.2, 0.25) is 0 Å². The Kier molecular flexibility index (Phi) is 4.48. The van der Waals surface area contributed by atoms with Crippen molar-refractivity contribution in [2.24, 2.45) is 5.73 Å². The first-order valence-corrected chi connectivity index (χ1v) is 7.95. The minimum absolute atomic E-state index is 0.105. The second-order valence-electron chi connectivity index (χ2n) is 8.09. The third-order valence-corrected chi connectivity index (χ3v) is 4.35. The minimum Gasteiger partial charge on any atom is -0.508 e. The summed E-state index contributed by atoms with van der Waals surface area (Å²) in [4.78, 5) is 0. The zero-order valence-corrected chi connectivity index (χ0v) is 15.1. The van der Waals surface area contributed by atoms with E-state index in [0.717, 1.165) is 0 Å². The fraction of sp³-hybridized carbons (Fsp3) is 0.647. The molecular weight excluding hydrogens is 293 g/mol. The van der Waals surface area contributed by atoms with E-state index in [1.807, 2.05) is 48.5 Å². The Morgan fingerprint density at radius 1 is 1.13 bits per heavy atom. The van der Waals surface area contributed by atoms with E-state index < -0.39 is 24.3 Å². The average molecular weight is 321 g/mol. The van der Waals surface area contributed by atoms with E-state index in [4.69, 9.17) is 19.8 Å². The van der Waals surface area contributed by atoms with Gasteiger partial charge in [0.15, 0.2) is 0 Å². The fourth-order valence-electron chi connectivity index (χ4n) is 2.40. The molecule has 0 bridgehead atoms. The summed E-state index contributed by atoms with van der Waals surface area (Å²) in [5.74, 6) is 0.144. The van der Waals surface area contributed by atoms with E-state index in [0.29, 0.717) is 11.3 Å². The van der Waals surface area contributed by atoms with Crippen LogP contribution in [0.5, 0.6) is 11.5 Å². The maximum absolute atomic E-state index is 10.2. The highest BCUT2D eigenvalue weighted by Gasteiger charge is 2.53. The van der Waals surface area contributed by atoms with Crippen LogP contribution < -0.4 is 10.5 Å². The van der Waals surface area contributed by atoms with E-state index in [1.54, 1.807) is 18.2 Å². The van der Waals surface area contributed by atoms with Crippen LogP contribution in [-0.4, -0.2) is 29.0 Å². The van der Waals surface area contributed by atoms with Crippen LogP contribution in [0.4, 0.5) is 0 Å². The third kappa shape index (κ3) is 3.82. The Bertz CT molecular complexity index is 564. The molecule has 1 aromatic carbocycles. The summed E-state index contributed by atoms with van der Waals surface area (Å²) in [6.45, 7) is 13.8. The van der Waals surface area contributed by atoms with Crippen LogP contribution >= 0.6 is 0 Å². The molecule has 3 N–H and O–H groups in total. The molecule has 1 fully saturated rings. The molecule has 0 spiro atoms. The lowest BCUT2D eigenvalue weighted by atomic mass is 9.74. The molecule has 2 rings (SSSR count). The summed E-state index contributed by atoms with van der Waals surface area (Å²) in [5, 5.41) is 10.2. The summed E-state index contributed by atoms with van der Waals surface area (Å²) in [5.41, 5.74) is 5.59. The van der Waals surface area contributed by atoms with E-state index in [-0.39, 0.29) is 11.4 Å². The lowest BCUT2D eigenvalue weighted by Crippen LogP contribution is -2.41. The largest absolute Gasteiger partial charge is 0.508 e. The number of aromatic hydroxyl groups is 1. The van der Waals surface area contributed by atoms with E-state index in [9.17, 15) is 5.11 Å². The van der Waals surface area contributed by atoms with Crippen molar-refractivity contribution in [3.63, 3.8) is 0 Å². The molecule has 6 heteroatoms. The van der Waals surface area contributed by atoms with Gasteiger partial charge in [-0.15, -0.1) is 0 Å². The van der Waals surface area contributed by atoms with Crippen molar-refractivity contribution in [1.29, 1.82) is 0 Å². The van der Waals surface area contributed by atoms with Crippen molar-refractivity contribution >= 4 is 7.12 Å². The molecule has 1 aliphatic rings. The van der Waals surface area contributed by atoms with Gasteiger partial charge < -0.3 is 24.9 Å². The van der Waals surface area contributed by atoms with Gasteiger partial charge in [-0.3, -0.25) is 0 Å². The van der Waals surface area contributed by atoms with E-state index >= 15 is 0 Å². The third-order valence-electron chi connectivity index (χ3n) is 4.35. The molecule has 0 aliphatic carbocycles. The molecule has 1 heterocycles. The predicted octanol–water partition coefficient (Wildman–Crippen LogP) is 3.20. The monoisotopic (exact) mass is 321 g/mol. The van der Waals surface area contributed by atoms with Gasteiger partial charge in [-0.05, 0) is 66.7 Å². The maximum atomic E-state index is 10.2. The molecule has 23 heavy (non-hydrogen) atoms. The maximum Gasteiger partial charge on any atom is 0.480 e. The smallest absolute Gasteiger partial charge is 0.480 e. The molecule has 0 saturated carbocycles. The van der Waals surface area contributed by atoms with Crippen LogP contribution in [0.3, 0.4) is 0 Å². The van der Waals surface area contributed by atoms with Crippen LogP contribution in [0, 0.1) is 0 Å². The highest BCUT2D eigenvalue weighted by atomic mass is 16.7. The second-order valence-corrected chi connectivity index (χ2v) is 8.09. The molecule has 1 aliphatic heterocycles. The van der Waals surface area contributed by atoms with Crippen molar-refractivity contribution < 1.29 is 19.2 Å². The minimum atomic E-state index is -0.629. The summed E-state index contributed by atoms with van der Waals surface area (Å²) < 4.78 is 17.8. The van der Waals surface area contributed by atoms with Crippen LogP contribution in [0.15, 0.2) is 18.2 Å². The number of rotatable bonds is 3. The second kappa shape index (κ2) is 5.69. The molecule has 5 nitrogen and oxygen atoms in total. The molecule has 0 aromatic heterocycles. The van der Waals surface area contributed by atoms with Gasteiger partial charge in [0, 0.05) is 5.56 Å². The highest BCUT2D eigenvalue weighted by Crippen LogP contribution is 2.41. The van der Waals surface area contributed by atoms with E-state index in [1.165, 1.54) is 0 Å². The number of benzene rings is 1. The lowest BCUT2D eigenvalue weighted by molar-refractivity contribution is 0.00578. The first-order chi connectivity index (χ1) is 10.3. The van der Waals surface area contributed by atoms with Crippen LogP contribution in [0.1, 0.15) is 60.0 Å².